The Balaban J connectivity index is 1.28. The molecule has 0 aliphatic carbocycles. The van der Waals surface area contributed by atoms with E-state index in [2.05, 4.69) is 36.6 Å². The van der Waals surface area contributed by atoms with Crippen LogP contribution in [0, 0.1) is 0 Å². The van der Waals surface area contributed by atoms with E-state index in [0.717, 1.165) is 5.56 Å². The number of carbonyl (C=O) groups is 2. The summed E-state index contributed by atoms with van der Waals surface area (Å²) in [7, 11) is 1.45. The number of carboxylic acids is 1. The number of aromatic hydroxyl groups is 1. The Bertz CT molecular complexity index is 1320. The molecule has 1 amide bonds. The lowest BCUT2D eigenvalue weighted by molar-refractivity contribution is -0.140. The second-order valence-corrected chi connectivity index (χ2v) is 9.42. The van der Waals surface area contributed by atoms with Crippen LogP contribution in [0.3, 0.4) is 0 Å². The number of aliphatic hydroxyl groups excluding tert-OH is 3. The van der Waals surface area contributed by atoms with Gasteiger partial charge in [-0.2, -0.15) is 0 Å². The van der Waals surface area contributed by atoms with Gasteiger partial charge in [0.25, 0.3) is 0 Å². The normalized spacial score (nSPS) is 20.1. The van der Waals surface area contributed by atoms with Gasteiger partial charge in [-0.25, -0.2) is 0 Å². The summed E-state index contributed by atoms with van der Waals surface area (Å²) >= 11 is 0. The maximum Gasteiger partial charge on any atom is 0.322 e. The van der Waals surface area contributed by atoms with Crippen LogP contribution < -0.4 is 26.6 Å². The average Bonchev–Trinajstić information content (AvgIpc) is 3.33. The molecule has 2 aliphatic heterocycles. The van der Waals surface area contributed by atoms with Gasteiger partial charge in [-0.3, -0.25) is 30.2 Å². The number of methoxy groups -OCH3 is 1. The van der Waals surface area contributed by atoms with Crippen molar-refractivity contribution in [3.05, 3.63) is 53.6 Å². The Morgan fingerprint density at radius 1 is 1.17 bits per heavy atom. The molecule has 0 bridgehead atoms. The first-order valence-electron chi connectivity index (χ1n) is 12.8. The number of phenolic OH excluding ortho intramolecular Hbond substituents is 1. The molecule has 2 heterocycles. The molecule has 0 spiro atoms. The van der Waals surface area contributed by atoms with Crippen LogP contribution in [0.4, 0.5) is 11.4 Å². The van der Waals surface area contributed by atoms with Gasteiger partial charge >= 0.3 is 5.97 Å². The summed E-state index contributed by atoms with van der Waals surface area (Å²) in [5.74, 6) is -1.69. The fourth-order valence-corrected chi connectivity index (χ4v) is 4.32. The number of fused-ring (bicyclic) bond motifs is 1. The minimum absolute atomic E-state index is 0.147. The molecule has 4 rings (SSSR count). The summed E-state index contributed by atoms with van der Waals surface area (Å²) in [5, 5.41) is 63.8. The first-order chi connectivity index (χ1) is 19.6. The number of aliphatic carboxylic acids is 1. The van der Waals surface area contributed by atoms with Gasteiger partial charge in [0.05, 0.1) is 30.6 Å². The molecular formula is C26H33N7O8. The Labute approximate surface area is 235 Å². The highest BCUT2D eigenvalue weighted by Gasteiger charge is 2.34. The van der Waals surface area contributed by atoms with Crippen molar-refractivity contribution in [3.63, 3.8) is 0 Å². The fourth-order valence-electron chi connectivity index (χ4n) is 4.32. The van der Waals surface area contributed by atoms with Crippen molar-refractivity contribution in [1.29, 1.82) is 0 Å². The number of guanidine groups is 1. The van der Waals surface area contributed by atoms with Gasteiger partial charge in [0.15, 0.2) is 5.96 Å². The Hall–Kier alpha value is -4.12. The molecule has 2 aliphatic rings. The van der Waals surface area contributed by atoms with E-state index in [0.29, 0.717) is 23.9 Å². The van der Waals surface area contributed by atoms with Crippen LogP contribution >= 0.6 is 0 Å². The van der Waals surface area contributed by atoms with Gasteiger partial charge in [-0.1, -0.05) is 18.2 Å². The molecular weight excluding hydrogens is 538 g/mol. The van der Waals surface area contributed by atoms with Crippen LogP contribution in [0.2, 0.25) is 0 Å². The number of aliphatic imine (C=N–C) groups is 2. The van der Waals surface area contributed by atoms with E-state index in [-0.39, 0.29) is 36.7 Å². The van der Waals surface area contributed by atoms with Crippen LogP contribution in [-0.4, -0.2) is 101 Å². The predicted molar refractivity (Wildman–Crippen MR) is 148 cm³/mol. The molecule has 2 aromatic rings. The number of aliphatic hydroxyl groups is 3. The maximum absolute atomic E-state index is 12.4. The first-order valence-corrected chi connectivity index (χ1v) is 12.8. The third-order valence-electron chi connectivity index (χ3n) is 6.35. The molecule has 15 nitrogen and oxygen atoms in total. The van der Waals surface area contributed by atoms with Gasteiger partial charge in [0.1, 0.15) is 30.4 Å². The minimum atomic E-state index is -1.46. The number of nitrogens with zero attached hydrogens (tertiary/aromatic N) is 2. The Morgan fingerprint density at radius 3 is 2.66 bits per heavy atom. The summed E-state index contributed by atoms with van der Waals surface area (Å²) in [6, 6.07) is 10.0. The quantitative estimate of drug-likeness (QED) is 0.133. The summed E-state index contributed by atoms with van der Waals surface area (Å²) in [6.07, 6.45) is -4.05. The Morgan fingerprint density at radius 2 is 1.95 bits per heavy atom. The maximum atomic E-state index is 12.4. The van der Waals surface area contributed by atoms with Crippen LogP contribution in [0.15, 0.2) is 52.4 Å². The van der Waals surface area contributed by atoms with Gasteiger partial charge in [0, 0.05) is 43.1 Å². The summed E-state index contributed by atoms with van der Waals surface area (Å²) in [4.78, 5) is 32.7. The van der Waals surface area contributed by atoms with E-state index >= 15 is 0 Å². The molecule has 2 aromatic carbocycles. The number of phenols is 1. The molecule has 5 atom stereocenters. The van der Waals surface area contributed by atoms with Crippen molar-refractivity contribution in [3.8, 4) is 5.75 Å². The number of amides is 1. The molecule has 0 saturated heterocycles. The number of rotatable bonds is 12. The van der Waals surface area contributed by atoms with E-state index in [4.69, 9.17) is 4.74 Å². The molecule has 4 unspecified atom stereocenters. The predicted octanol–water partition coefficient (Wildman–Crippen LogP) is -1.34. The van der Waals surface area contributed by atoms with Crippen LogP contribution in [0.5, 0.6) is 5.75 Å². The zero-order valence-electron chi connectivity index (χ0n) is 22.1. The fraction of sp³-hybridized carbons (Fsp3) is 0.385. The number of carboxylic acid groups (broad SMARTS) is 1. The zero-order chi connectivity index (χ0) is 29.5. The van der Waals surface area contributed by atoms with Crippen LogP contribution in [0.1, 0.15) is 23.5 Å². The van der Waals surface area contributed by atoms with Gasteiger partial charge in [0.2, 0.25) is 5.91 Å². The molecule has 220 valence electrons. The minimum Gasteiger partial charge on any atom is -0.508 e. The highest BCUT2D eigenvalue weighted by atomic mass is 16.5. The number of nitrogens with one attached hydrogen (secondary N) is 5. The number of ether oxygens (including phenoxy) is 1. The molecule has 0 fully saturated rings. The standard InChI is InChI=1S/C26H33N7O8/c1-41-22-17-4-2-3-5-18(17)32-21(22)24(38)33-19(25(39)40)11-27-20(36)12-28-23(37)13-6-14(8-15(34)7-13)31-26-29-9-16(35)10-30-26/h2-8,16,19,22-24,28,33-35,37-38H,9-12H2,1H3,(H,27,36)(H,39,40)(H2,29,30,31)/t19-,22?,23?,24?/m0/s1. The lowest BCUT2D eigenvalue weighted by Gasteiger charge is -2.23. The Kier molecular flexibility index (Phi) is 9.82. The number of hydrogen-bond donors (Lipinski definition) is 10. The molecule has 41 heavy (non-hydrogen) atoms. The topological polar surface area (TPSA) is 229 Å². The van der Waals surface area contributed by atoms with Crippen LogP contribution in [0.25, 0.3) is 0 Å². The SMILES string of the molecule is COC1C(C(O)N[C@@H](CNC(=O)CNC(O)c2cc(O)cc(NC3=NCC(O)CN3)c2)C(=O)O)=Nc2ccccc21. The molecule has 0 saturated carbocycles. The van der Waals surface area contributed by atoms with E-state index in [1.165, 1.54) is 25.3 Å². The summed E-state index contributed by atoms with van der Waals surface area (Å²) in [5.41, 5.74) is 2.20. The summed E-state index contributed by atoms with van der Waals surface area (Å²) < 4.78 is 5.44. The lowest BCUT2D eigenvalue weighted by Crippen LogP contribution is -2.53. The molecule has 0 aromatic heterocycles. The molecule has 15 heteroatoms. The van der Waals surface area contributed by atoms with Crippen molar-refractivity contribution in [2.45, 2.75) is 30.7 Å². The highest BCUT2D eigenvalue weighted by Crippen LogP contribution is 2.36. The smallest absolute Gasteiger partial charge is 0.322 e. The number of anilines is 1. The zero-order valence-corrected chi connectivity index (χ0v) is 22.1. The first kappa shape index (κ1) is 29.9. The van der Waals surface area contributed by atoms with Crippen molar-refractivity contribution < 1.29 is 39.9 Å². The number of β-amino-alcohol motifs (C(OH)–C–C–N with tert-alkyl or cyclic N) is 1. The number of carbonyl (C=O) groups excluding carboxylic acids is 1. The average molecular weight is 572 g/mol. The lowest BCUT2D eigenvalue weighted by atomic mass is 10.1. The van der Waals surface area contributed by atoms with Crippen molar-refractivity contribution in [2.24, 2.45) is 9.98 Å². The monoisotopic (exact) mass is 571 g/mol. The van der Waals surface area contributed by atoms with E-state index in [1.807, 2.05) is 0 Å². The van der Waals surface area contributed by atoms with Crippen molar-refractivity contribution in [2.75, 3.05) is 38.6 Å². The second-order valence-electron chi connectivity index (χ2n) is 9.42. The number of benzene rings is 2. The highest BCUT2D eigenvalue weighted by molar-refractivity contribution is 6.00. The third-order valence-corrected chi connectivity index (χ3v) is 6.35. The number of para-hydroxylation sites is 1. The van der Waals surface area contributed by atoms with E-state index < -0.39 is 42.6 Å². The third kappa shape index (κ3) is 7.75. The van der Waals surface area contributed by atoms with Gasteiger partial charge in [-0.15, -0.1) is 0 Å². The van der Waals surface area contributed by atoms with Gasteiger partial charge in [-0.05, 0) is 18.2 Å². The molecule has 0 radical (unpaired) electrons. The summed E-state index contributed by atoms with van der Waals surface area (Å²) in [6.45, 7) is -0.224. The number of hydrogen-bond acceptors (Lipinski definition) is 13. The van der Waals surface area contributed by atoms with E-state index in [1.54, 1.807) is 24.3 Å². The largest absolute Gasteiger partial charge is 0.508 e. The molecule has 10 N–H and O–H groups in total. The van der Waals surface area contributed by atoms with Crippen molar-refractivity contribution >= 4 is 34.9 Å². The second kappa shape index (κ2) is 13.5. The van der Waals surface area contributed by atoms with Crippen molar-refractivity contribution in [1.82, 2.24) is 21.3 Å². The van der Waals surface area contributed by atoms with E-state index in [9.17, 15) is 35.1 Å². The van der Waals surface area contributed by atoms with Crippen LogP contribution in [-0.2, 0) is 14.3 Å². The van der Waals surface area contributed by atoms with Gasteiger partial charge < -0.3 is 46.2 Å².